The molecule has 0 saturated heterocycles. The standard InChI is InChI=1S/C12H19N3OS/c1-8(2)15(4-5-16)11-7-10(12(13)17)6-9(3)14-11/h6-8,16H,4-5H2,1-3H3,(H2,13,17). The fourth-order valence-corrected chi connectivity index (χ4v) is 1.80. The lowest BCUT2D eigenvalue weighted by atomic mass is 10.2. The van der Waals surface area contributed by atoms with Gasteiger partial charge >= 0.3 is 0 Å². The van der Waals surface area contributed by atoms with Crippen molar-refractivity contribution < 1.29 is 5.11 Å². The molecule has 1 aromatic rings. The summed E-state index contributed by atoms with van der Waals surface area (Å²) < 4.78 is 0. The summed E-state index contributed by atoms with van der Waals surface area (Å²) in [5.74, 6) is 0.803. The topological polar surface area (TPSA) is 62.4 Å². The predicted molar refractivity (Wildman–Crippen MR) is 74.4 cm³/mol. The largest absolute Gasteiger partial charge is 0.395 e. The Bertz CT molecular complexity index is 407. The molecule has 0 unspecified atom stereocenters. The number of rotatable bonds is 5. The molecule has 0 atom stereocenters. The highest BCUT2D eigenvalue weighted by atomic mass is 32.1. The molecule has 94 valence electrons. The van der Waals surface area contributed by atoms with Crippen LogP contribution < -0.4 is 10.6 Å². The molecule has 3 N–H and O–H groups in total. The van der Waals surface area contributed by atoms with E-state index in [1.165, 1.54) is 0 Å². The van der Waals surface area contributed by atoms with Crippen molar-refractivity contribution in [3.63, 3.8) is 0 Å². The van der Waals surface area contributed by atoms with Gasteiger partial charge in [0.05, 0.1) is 6.61 Å². The third-order valence-electron chi connectivity index (χ3n) is 2.48. The van der Waals surface area contributed by atoms with Crippen molar-refractivity contribution in [2.75, 3.05) is 18.1 Å². The monoisotopic (exact) mass is 253 g/mol. The van der Waals surface area contributed by atoms with Crippen LogP contribution in [0.2, 0.25) is 0 Å². The fraction of sp³-hybridized carbons (Fsp3) is 0.500. The average molecular weight is 253 g/mol. The van der Waals surface area contributed by atoms with Crippen molar-refractivity contribution in [3.8, 4) is 0 Å². The van der Waals surface area contributed by atoms with Gasteiger partial charge in [0.1, 0.15) is 10.8 Å². The highest BCUT2D eigenvalue weighted by Crippen LogP contribution is 2.17. The van der Waals surface area contributed by atoms with Crippen LogP contribution >= 0.6 is 12.2 Å². The van der Waals surface area contributed by atoms with Gasteiger partial charge in [0, 0.05) is 23.8 Å². The molecule has 5 heteroatoms. The Morgan fingerprint density at radius 2 is 2.18 bits per heavy atom. The lowest BCUT2D eigenvalue weighted by Gasteiger charge is -2.27. The van der Waals surface area contributed by atoms with E-state index >= 15 is 0 Å². The summed E-state index contributed by atoms with van der Waals surface area (Å²) in [6.45, 7) is 6.66. The van der Waals surface area contributed by atoms with E-state index in [2.05, 4.69) is 18.8 Å². The molecule has 4 nitrogen and oxygen atoms in total. The van der Waals surface area contributed by atoms with Gasteiger partial charge < -0.3 is 15.7 Å². The molecule has 0 radical (unpaired) electrons. The van der Waals surface area contributed by atoms with E-state index in [1.807, 2.05) is 24.0 Å². The summed E-state index contributed by atoms with van der Waals surface area (Å²) in [4.78, 5) is 6.84. The van der Waals surface area contributed by atoms with Crippen LogP contribution in [-0.4, -0.2) is 34.3 Å². The molecule has 0 spiro atoms. The van der Waals surface area contributed by atoms with Crippen LogP contribution in [0.25, 0.3) is 0 Å². The average Bonchev–Trinajstić information content (AvgIpc) is 2.24. The molecule has 0 bridgehead atoms. The van der Waals surface area contributed by atoms with Gasteiger partial charge in [-0.3, -0.25) is 0 Å². The van der Waals surface area contributed by atoms with E-state index < -0.39 is 0 Å². The number of aryl methyl sites for hydroxylation is 1. The highest BCUT2D eigenvalue weighted by Gasteiger charge is 2.13. The maximum atomic E-state index is 9.07. The van der Waals surface area contributed by atoms with Gasteiger partial charge in [0.2, 0.25) is 0 Å². The number of aromatic nitrogens is 1. The molecular weight excluding hydrogens is 234 g/mol. The number of aliphatic hydroxyl groups excluding tert-OH is 1. The molecule has 0 saturated carbocycles. The Labute approximate surface area is 107 Å². The molecule has 0 fully saturated rings. The molecule has 1 aromatic heterocycles. The summed E-state index contributed by atoms with van der Waals surface area (Å²) in [7, 11) is 0. The van der Waals surface area contributed by atoms with Crippen molar-refractivity contribution in [1.82, 2.24) is 4.98 Å². The zero-order valence-electron chi connectivity index (χ0n) is 10.5. The van der Waals surface area contributed by atoms with E-state index in [0.29, 0.717) is 11.5 Å². The smallest absolute Gasteiger partial charge is 0.129 e. The van der Waals surface area contributed by atoms with Crippen LogP contribution in [0.5, 0.6) is 0 Å². The minimum Gasteiger partial charge on any atom is -0.395 e. The molecule has 1 rings (SSSR count). The first-order valence-electron chi connectivity index (χ1n) is 5.61. The Hall–Kier alpha value is -1.20. The summed E-state index contributed by atoms with van der Waals surface area (Å²) in [5, 5.41) is 9.07. The SMILES string of the molecule is Cc1cc(C(N)=S)cc(N(CCO)C(C)C)n1. The third-order valence-corrected chi connectivity index (χ3v) is 2.72. The van der Waals surface area contributed by atoms with Gasteiger partial charge in [-0.15, -0.1) is 0 Å². The van der Waals surface area contributed by atoms with Gasteiger partial charge in [0.15, 0.2) is 0 Å². The molecule has 0 aliphatic rings. The quantitative estimate of drug-likeness (QED) is 0.773. The second kappa shape index (κ2) is 5.93. The number of pyridine rings is 1. The number of hydrogen-bond acceptors (Lipinski definition) is 4. The van der Waals surface area contributed by atoms with Crippen molar-refractivity contribution in [2.45, 2.75) is 26.8 Å². The van der Waals surface area contributed by atoms with Gasteiger partial charge in [-0.25, -0.2) is 4.98 Å². The first-order chi connectivity index (χ1) is 7.95. The van der Waals surface area contributed by atoms with E-state index in [1.54, 1.807) is 0 Å². The van der Waals surface area contributed by atoms with Crippen LogP contribution in [0.1, 0.15) is 25.1 Å². The van der Waals surface area contributed by atoms with Gasteiger partial charge in [-0.2, -0.15) is 0 Å². The lowest BCUT2D eigenvalue weighted by Crippen LogP contribution is -2.34. The zero-order valence-corrected chi connectivity index (χ0v) is 11.3. The molecule has 17 heavy (non-hydrogen) atoms. The van der Waals surface area contributed by atoms with Crippen molar-refractivity contribution in [1.29, 1.82) is 0 Å². The van der Waals surface area contributed by atoms with Crippen molar-refractivity contribution in [2.24, 2.45) is 5.73 Å². The highest BCUT2D eigenvalue weighted by molar-refractivity contribution is 7.80. The second-order valence-electron chi connectivity index (χ2n) is 4.23. The van der Waals surface area contributed by atoms with Gasteiger partial charge in [-0.1, -0.05) is 12.2 Å². The van der Waals surface area contributed by atoms with Crippen LogP contribution in [0.3, 0.4) is 0 Å². The number of hydrogen-bond donors (Lipinski definition) is 2. The zero-order chi connectivity index (χ0) is 13.0. The van der Waals surface area contributed by atoms with E-state index in [-0.39, 0.29) is 12.6 Å². The number of thiocarbonyl (C=S) groups is 1. The van der Waals surface area contributed by atoms with E-state index in [9.17, 15) is 0 Å². The Kier molecular flexibility index (Phi) is 4.84. The normalized spacial score (nSPS) is 10.6. The molecule has 0 aromatic carbocycles. The first kappa shape index (κ1) is 13.9. The Morgan fingerprint density at radius 3 is 2.65 bits per heavy atom. The number of aliphatic hydroxyl groups is 1. The summed E-state index contributed by atoms with van der Waals surface area (Å²) in [5.41, 5.74) is 7.32. The lowest BCUT2D eigenvalue weighted by molar-refractivity contribution is 0.298. The number of anilines is 1. The van der Waals surface area contributed by atoms with Gasteiger partial charge in [0.25, 0.3) is 0 Å². The molecule has 0 aliphatic carbocycles. The number of nitrogens with zero attached hydrogens (tertiary/aromatic N) is 2. The van der Waals surface area contributed by atoms with Crippen molar-refractivity contribution in [3.05, 3.63) is 23.4 Å². The van der Waals surface area contributed by atoms with Crippen LogP contribution in [-0.2, 0) is 0 Å². The maximum Gasteiger partial charge on any atom is 0.129 e. The molecule has 0 aliphatic heterocycles. The summed E-state index contributed by atoms with van der Waals surface area (Å²) in [6, 6.07) is 3.99. The number of nitrogens with two attached hydrogens (primary N) is 1. The van der Waals surface area contributed by atoms with E-state index in [4.69, 9.17) is 23.1 Å². The third kappa shape index (κ3) is 3.64. The minimum atomic E-state index is 0.0935. The first-order valence-corrected chi connectivity index (χ1v) is 6.02. The fourth-order valence-electron chi connectivity index (χ4n) is 1.69. The molecule has 0 amide bonds. The second-order valence-corrected chi connectivity index (χ2v) is 4.67. The molecule has 1 heterocycles. The van der Waals surface area contributed by atoms with E-state index in [0.717, 1.165) is 17.1 Å². The maximum absolute atomic E-state index is 9.07. The predicted octanol–water partition coefficient (Wildman–Crippen LogP) is 1.23. The van der Waals surface area contributed by atoms with Crippen LogP contribution in [0, 0.1) is 6.92 Å². The van der Waals surface area contributed by atoms with Gasteiger partial charge in [-0.05, 0) is 32.9 Å². The molecular formula is C12H19N3OS. The van der Waals surface area contributed by atoms with Crippen LogP contribution in [0.15, 0.2) is 12.1 Å². The van der Waals surface area contributed by atoms with Crippen LogP contribution in [0.4, 0.5) is 5.82 Å². The van der Waals surface area contributed by atoms with Crippen molar-refractivity contribution >= 4 is 23.0 Å². The Morgan fingerprint density at radius 1 is 1.53 bits per heavy atom. The Balaban J connectivity index is 3.14. The summed E-state index contributed by atoms with van der Waals surface area (Å²) in [6.07, 6.45) is 0. The summed E-state index contributed by atoms with van der Waals surface area (Å²) >= 11 is 4.98. The minimum absolute atomic E-state index is 0.0935.